The van der Waals surface area contributed by atoms with Crippen molar-refractivity contribution >= 4 is 10.0 Å². The van der Waals surface area contributed by atoms with Gasteiger partial charge in [0.25, 0.3) is 0 Å². The van der Waals surface area contributed by atoms with Gasteiger partial charge in [0.05, 0.1) is 5.75 Å². The minimum Gasteiger partial charge on any atom is -0.303 e. The second-order valence-electron chi connectivity index (χ2n) is 6.97. The molecule has 1 aliphatic carbocycles. The fourth-order valence-corrected chi connectivity index (χ4v) is 4.96. The van der Waals surface area contributed by atoms with Crippen molar-refractivity contribution in [1.29, 1.82) is 0 Å². The van der Waals surface area contributed by atoms with E-state index < -0.39 is 10.0 Å². The van der Waals surface area contributed by atoms with Crippen molar-refractivity contribution in [2.45, 2.75) is 58.4 Å². The summed E-state index contributed by atoms with van der Waals surface area (Å²) in [5.74, 6) is 1.93. The van der Waals surface area contributed by atoms with Crippen LogP contribution in [0.2, 0.25) is 0 Å². The van der Waals surface area contributed by atoms with Crippen molar-refractivity contribution in [3.8, 4) is 0 Å². The van der Waals surface area contributed by atoms with Crippen molar-refractivity contribution in [3.63, 3.8) is 0 Å². The van der Waals surface area contributed by atoms with Crippen molar-refractivity contribution in [2.75, 3.05) is 32.4 Å². The Morgan fingerprint density at radius 2 is 1.71 bits per heavy atom. The van der Waals surface area contributed by atoms with E-state index in [-0.39, 0.29) is 11.8 Å². The van der Waals surface area contributed by atoms with Gasteiger partial charge in [-0.1, -0.05) is 26.2 Å². The lowest BCUT2D eigenvalue weighted by molar-refractivity contribution is 0.117. The Morgan fingerprint density at radius 1 is 1.10 bits per heavy atom. The van der Waals surface area contributed by atoms with Crippen LogP contribution in [0.5, 0.6) is 0 Å². The summed E-state index contributed by atoms with van der Waals surface area (Å²) in [6.45, 7) is 7.46. The first-order valence-electron chi connectivity index (χ1n) is 8.62. The summed E-state index contributed by atoms with van der Waals surface area (Å²) >= 11 is 0. The van der Waals surface area contributed by atoms with E-state index in [9.17, 15) is 8.42 Å². The molecule has 124 valence electrons. The zero-order valence-corrected chi connectivity index (χ0v) is 14.7. The molecule has 0 amide bonds. The molecule has 21 heavy (non-hydrogen) atoms. The van der Waals surface area contributed by atoms with Crippen LogP contribution in [0.15, 0.2) is 0 Å². The van der Waals surface area contributed by atoms with Crippen LogP contribution < -0.4 is 0 Å². The Kier molecular flexibility index (Phi) is 6.09. The maximum absolute atomic E-state index is 12.0. The van der Waals surface area contributed by atoms with Gasteiger partial charge in [-0.2, -0.15) is 0 Å². The quantitative estimate of drug-likeness (QED) is 0.782. The Morgan fingerprint density at radius 3 is 2.29 bits per heavy atom. The molecule has 1 saturated heterocycles. The van der Waals surface area contributed by atoms with E-state index in [2.05, 4.69) is 11.8 Å². The maximum atomic E-state index is 12.0. The van der Waals surface area contributed by atoms with Crippen molar-refractivity contribution in [2.24, 2.45) is 11.8 Å². The Labute approximate surface area is 130 Å². The van der Waals surface area contributed by atoms with Gasteiger partial charge in [0.1, 0.15) is 0 Å². The molecule has 0 spiro atoms. The maximum Gasteiger partial charge on any atom is 0.213 e. The molecule has 0 bridgehead atoms. The Hall–Kier alpha value is -0.130. The molecule has 0 aromatic heterocycles. The molecule has 0 radical (unpaired) electrons. The summed E-state index contributed by atoms with van der Waals surface area (Å²) in [7, 11) is -1.28. The Balaban J connectivity index is 1.80. The molecule has 4 nitrogen and oxygen atoms in total. The molecule has 1 heterocycles. The molecule has 2 atom stereocenters. The number of piperidine rings is 1. The molecule has 0 N–H and O–H groups in total. The smallest absolute Gasteiger partial charge is 0.213 e. The fourth-order valence-electron chi connectivity index (χ4n) is 3.89. The van der Waals surface area contributed by atoms with E-state index >= 15 is 0 Å². The molecule has 0 aromatic carbocycles. The highest BCUT2D eigenvalue weighted by atomic mass is 32.2. The number of likely N-dealkylation sites (tertiary alicyclic amines) is 1. The average Bonchev–Trinajstić information content (AvgIpc) is 2.49. The van der Waals surface area contributed by atoms with E-state index in [1.54, 1.807) is 18.3 Å². The zero-order valence-electron chi connectivity index (χ0n) is 13.9. The summed E-state index contributed by atoms with van der Waals surface area (Å²) in [5.41, 5.74) is 0. The topological polar surface area (TPSA) is 40.6 Å². The summed E-state index contributed by atoms with van der Waals surface area (Å²) in [5, 5.41) is 0. The van der Waals surface area contributed by atoms with Crippen LogP contribution in [0.4, 0.5) is 0 Å². The highest BCUT2D eigenvalue weighted by Gasteiger charge is 2.30. The van der Waals surface area contributed by atoms with Gasteiger partial charge >= 0.3 is 0 Å². The van der Waals surface area contributed by atoms with Crippen molar-refractivity contribution in [3.05, 3.63) is 0 Å². The summed E-state index contributed by atoms with van der Waals surface area (Å²) in [6, 6.07) is 0.204. The SMILES string of the molecule is CCS(=O)(=O)N(C)C1CCN(CC2CCCCC2C)CC1. The van der Waals surface area contributed by atoms with Crippen LogP contribution in [0.1, 0.15) is 52.4 Å². The lowest BCUT2D eigenvalue weighted by atomic mass is 9.80. The van der Waals surface area contributed by atoms with Crippen LogP contribution in [-0.2, 0) is 10.0 Å². The standard InChI is InChI=1S/C16H32N2O2S/c1-4-21(19,20)17(3)16-9-11-18(12-10-16)13-15-8-6-5-7-14(15)2/h14-16H,4-13H2,1-3H3. The first kappa shape index (κ1) is 17.2. The summed E-state index contributed by atoms with van der Waals surface area (Å²) in [6.07, 6.45) is 7.53. The molecule has 2 fully saturated rings. The molecule has 5 heteroatoms. The summed E-state index contributed by atoms with van der Waals surface area (Å²) < 4.78 is 25.5. The third kappa shape index (κ3) is 4.42. The van der Waals surface area contributed by atoms with Crippen LogP contribution in [0.25, 0.3) is 0 Å². The molecule has 2 rings (SSSR count). The van der Waals surface area contributed by atoms with E-state index in [1.807, 2.05) is 0 Å². The highest BCUT2D eigenvalue weighted by molar-refractivity contribution is 7.89. The highest BCUT2D eigenvalue weighted by Crippen LogP contribution is 2.31. The van der Waals surface area contributed by atoms with Gasteiger partial charge in [-0.3, -0.25) is 0 Å². The van der Waals surface area contributed by atoms with E-state index in [4.69, 9.17) is 0 Å². The Bertz CT molecular complexity index is 416. The second-order valence-corrected chi connectivity index (χ2v) is 9.29. The molecular weight excluding hydrogens is 284 g/mol. The molecule has 2 aliphatic rings. The minimum absolute atomic E-state index is 0.204. The van der Waals surface area contributed by atoms with E-state index in [0.29, 0.717) is 0 Å². The van der Waals surface area contributed by atoms with Gasteiger partial charge in [0, 0.05) is 19.6 Å². The van der Waals surface area contributed by atoms with Gasteiger partial charge in [0.2, 0.25) is 10.0 Å². The number of hydrogen-bond donors (Lipinski definition) is 0. The lowest BCUT2D eigenvalue weighted by Gasteiger charge is -2.39. The number of hydrogen-bond acceptors (Lipinski definition) is 3. The molecular formula is C16H32N2O2S. The summed E-state index contributed by atoms with van der Waals surface area (Å²) in [4.78, 5) is 2.56. The van der Waals surface area contributed by atoms with Crippen molar-refractivity contribution < 1.29 is 8.42 Å². The van der Waals surface area contributed by atoms with Crippen LogP contribution in [0.3, 0.4) is 0 Å². The van der Waals surface area contributed by atoms with Crippen LogP contribution in [0, 0.1) is 11.8 Å². The average molecular weight is 317 g/mol. The van der Waals surface area contributed by atoms with Gasteiger partial charge in [-0.15, -0.1) is 0 Å². The second kappa shape index (κ2) is 7.42. The number of rotatable bonds is 5. The van der Waals surface area contributed by atoms with Gasteiger partial charge in [-0.05, 0) is 51.1 Å². The first-order chi connectivity index (χ1) is 9.94. The van der Waals surface area contributed by atoms with Gasteiger partial charge < -0.3 is 4.90 Å². The fraction of sp³-hybridized carbons (Fsp3) is 1.00. The van der Waals surface area contributed by atoms with E-state index in [1.165, 1.54) is 32.2 Å². The van der Waals surface area contributed by atoms with E-state index in [0.717, 1.165) is 37.8 Å². The molecule has 2 unspecified atom stereocenters. The zero-order chi connectivity index (χ0) is 15.5. The normalized spacial score (nSPS) is 29.9. The molecule has 0 aromatic rings. The van der Waals surface area contributed by atoms with Gasteiger partial charge in [0.15, 0.2) is 0 Å². The van der Waals surface area contributed by atoms with Gasteiger partial charge in [-0.25, -0.2) is 12.7 Å². The third-order valence-corrected chi connectivity index (χ3v) is 7.56. The largest absolute Gasteiger partial charge is 0.303 e. The molecule has 1 saturated carbocycles. The third-order valence-electron chi connectivity index (χ3n) is 5.66. The first-order valence-corrected chi connectivity index (χ1v) is 10.2. The van der Waals surface area contributed by atoms with Crippen LogP contribution >= 0.6 is 0 Å². The minimum atomic E-state index is -3.04. The number of nitrogens with zero attached hydrogens (tertiary/aromatic N) is 2. The van der Waals surface area contributed by atoms with Crippen LogP contribution in [-0.4, -0.2) is 56.1 Å². The predicted octanol–water partition coefficient (Wildman–Crippen LogP) is 2.56. The monoisotopic (exact) mass is 316 g/mol. The molecule has 1 aliphatic heterocycles. The van der Waals surface area contributed by atoms with Crippen molar-refractivity contribution in [1.82, 2.24) is 9.21 Å². The lowest BCUT2D eigenvalue weighted by Crippen LogP contribution is -2.47. The number of sulfonamides is 1. The predicted molar refractivity (Wildman–Crippen MR) is 87.8 cm³/mol.